The number of halogens is 1. The van der Waals surface area contributed by atoms with Crippen molar-refractivity contribution in [3.8, 4) is 0 Å². The highest BCUT2D eigenvalue weighted by atomic mass is 35.5. The molecule has 21 heavy (non-hydrogen) atoms. The van der Waals surface area contributed by atoms with Crippen molar-refractivity contribution in [1.82, 2.24) is 9.88 Å². The van der Waals surface area contributed by atoms with Gasteiger partial charge in [-0.05, 0) is 25.0 Å². The zero-order chi connectivity index (χ0) is 15.7. The van der Waals surface area contributed by atoms with Crippen LogP contribution in [0.4, 0.5) is 0 Å². The topological polar surface area (TPSA) is 70.5 Å². The largest absolute Gasteiger partial charge is 0.480 e. The van der Waals surface area contributed by atoms with Gasteiger partial charge in [0, 0.05) is 17.0 Å². The van der Waals surface area contributed by atoms with Crippen LogP contribution < -0.4 is 0 Å². The standard InChI is InChI=1S/C14H17ClN2O3S/c1-7(2)13-17(10(6-21-13)14(19)20)12(18)9-4-8(3)16-11(15)5-9/h4-5,7,10,13H,6H2,1-3H3,(H,19,20). The van der Waals surface area contributed by atoms with E-state index < -0.39 is 12.0 Å². The average Bonchev–Trinajstić information content (AvgIpc) is 2.81. The summed E-state index contributed by atoms with van der Waals surface area (Å²) in [7, 11) is 0. The SMILES string of the molecule is Cc1cc(C(=O)N2C(C(=O)O)CSC2C(C)C)cc(Cl)n1. The molecule has 0 spiro atoms. The van der Waals surface area contributed by atoms with E-state index in [1.165, 1.54) is 22.7 Å². The highest BCUT2D eigenvalue weighted by molar-refractivity contribution is 8.00. The van der Waals surface area contributed by atoms with Gasteiger partial charge in [-0.15, -0.1) is 11.8 Å². The molecule has 0 saturated carbocycles. The number of thioether (sulfide) groups is 1. The third-order valence-corrected chi connectivity index (χ3v) is 5.11. The summed E-state index contributed by atoms with van der Waals surface area (Å²) in [6.07, 6.45) is 0. The summed E-state index contributed by atoms with van der Waals surface area (Å²) in [4.78, 5) is 29.6. The molecule has 1 N–H and O–H groups in total. The van der Waals surface area contributed by atoms with Crippen LogP contribution in [0.5, 0.6) is 0 Å². The van der Waals surface area contributed by atoms with Gasteiger partial charge in [-0.3, -0.25) is 4.79 Å². The number of rotatable bonds is 3. The van der Waals surface area contributed by atoms with Crippen LogP contribution >= 0.6 is 23.4 Å². The molecule has 114 valence electrons. The van der Waals surface area contributed by atoms with Crippen molar-refractivity contribution in [3.05, 3.63) is 28.5 Å². The molecule has 2 rings (SSSR count). The van der Waals surface area contributed by atoms with Crippen LogP contribution in [0.15, 0.2) is 12.1 Å². The van der Waals surface area contributed by atoms with Gasteiger partial charge >= 0.3 is 5.97 Å². The maximum atomic E-state index is 12.7. The van der Waals surface area contributed by atoms with Gasteiger partial charge in [-0.1, -0.05) is 25.4 Å². The molecule has 1 fully saturated rings. The Bertz CT molecular complexity index is 559. The average molecular weight is 329 g/mol. The zero-order valence-electron chi connectivity index (χ0n) is 12.0. The Balaban J connectivity index is 2.38. The van der Waals surface area contributed by atoms with E-state index in [0.29, 0.717) is 17.0 Å². The Morgan fingerprint density at radius 1 is 1.48 bits per heavy atom. The predicted molar refractivity (Wildman–Crippen MR) is 82.7 cm³/mol. The van der Waals surface area contributed by atoms with Gasteiger partial charge in [0.25, 0.3) is 5.91 Å². The molecule has 2 unspecified atom stereocenters. The molecule has 1 aromatic heterocycles. The number of carboxylic acid groups (broad SMARTS) is 1. The lowest BCUT2D eigenvalue weighted by atomic mass is 10.1. The molecule has 1 aliphatic rings. The van der Waals surface area contributed by atoms with Gasteiger partial charge in [0.2, 0.25) is 0 Å². The van der Waals surface area contributed by atoms with Crippen LogP contribution in [0.1, 0.15) is 29.9 Å². The third-order valence-electron chi connectivity index (χ3n) is 3.29. The normalized spacial score (nSPS) is 21.9. The van der Waals surface area contributed by atoms with E-state index >= 15 is 0 Å². The predicted octanol–water partition coefficient (Wildman–Crippen LogP) is 2.67. The first-order valence-corrected chi connectivity index (χ1v) is 8.05. The van der Waals surface area contributed by atoms with E-state index in [-0.39, 0.29) is 22.4 Å². The first-order chi connectivity index (χ1) is 9.81. The molecule has 0 aliphatic carbocycles. The molecule has 1 amide bonds. The van der Waals surface area contributed by atoms with Gasteiger partial charge in [-0.2, -0.15) is 0 Å². The quantitative estimate of drug-likeness (QED) is 0.864. The molecule has 1 aromatic rings. The molecule has 1 saturated heterocycles. The molecular formula is C14H17ClN2O3S. The summed E-state index contributed by atoms with van der Waals surface area (Å²) in [5.41, 5.74) is 1.01. The summed E-state index contributed by atoms with van der Waals surface area (Å²) in [5.74, 6) is -0.710. The van der Waals surface area contributed by atoms with Crippen LogP contribution in [-0.4, -0.2) is 44.0 Å². The number of aryl methyl sites for hydroxylation is 1. The van der Waals surface area contributed by atoms with Gasteiger partial charge < -0.3 is 10.0 Å². The minimum Gasteiger partial charge on any atom is -0.480 e. The number of pyridine rings is 1. The Hall–Kier alpha value is -1.27. The van der Waals surface area contributed by atoms with Gasteiger partial charge in [0.15, 0.2) is 0 Å². The Kier molecular flexibility index (Phi) is 4.78. The van der Waals surface area contributed by atoms with Gasteiger partial charge in [-0.25, -0.2) is 9.78 Å². The Morgan fingerprint density at radius 3 is 2.67 bits per heavy atom. The molecule has 0 radical (unpaired) electrons. The van der Waals surface area contributed by atoms with Gasteiger partial charge in [0.05, 0.1) is 5.37 Å². The maximum Gasteiger partial charge on any atom is 0.327 e. The summed E-state index contributed by atoms with van der Waals surface area (Å²) in [6.45, 7) is 5.70. The lowest BCUT2D eigenvalue weighted by Gasteiger charge is -2.29. The summed E-state index contributed by atoms with van der Waals surface area (Å²) < 4.78 is 0. The summed E-state index contributed by atoms with van der Waals surface area (Å²) in [5, 5.41) is 9.43. The fourth-order valence-electron chi connectivity index (χ4n) is 2.39. The van der Waals surface area contributed by atoms with Crippen LogP contribution in [0.3, 0.4) is 0 Å². The maximum absolute atomic E-state index is 12.7. The van der Waals surface area contributed by atoms with Crippen molar-refractivity contribution in [2.24, 2.45) is 5.92 Å². The van der Waals surface area contributed by atoms with E-state index in [2.05, 4.69) is 4.98 Å². The van der Waals surface area contributed by atoms with Crippen molar-refractivity contribution in [2.45, 2.75) is 32.2 Å². The second-order valence-corrected chi connectivity index (χ2v) is 6.89. The van der Waals surface area contributed by atoms with Crippen molar-refractivity contribution < 1.29 is 14.7 Å². The molecular weight excluding hydrogens is 312 g/mol. The van der Waals surface area contributed by atoms with E-state index in [1.807, 2.05) is 13.8 Å². The second kappa shape index (κ2) is 6.23. The lowest BCUT2D eigenvalue weighted by Crippen LogP contribution is -2.47. The van der Waals surface area contributed by atoms with E-state index in [0.717, 1.165) is 0 Å². The smallest absolute Gasteiger partial charge is 0.327 e. The number of carboxylic acids is 1. The summed E-state index contributed by atoms with van der Waals surface area (Å²) in [6, 6.07) is 2.31. The molecule has 1 aliphatic heterocycles. The van der Waals surface area contributed by atoms with Crippen LogP contribution in [0.25, 0.3) is 0 Å². The van der Waals surface area contributed by atoms with E-state index in [1.54, 1.807) is 13.0 Å². The molecule has 7 heteroatoms. The van der Waals surface area contributed by atoms with Crippen LogP contribution in [0, 0.1) is 12.8 Å². The molecule has 2 heterocycles. The monoisotopic (exact) mass is 328 g/mol. The highest BCUT2D eigenvalue weighted by Gasteiger charge is 2.43. The number of carbonyl (C=O) groups excluding carboxylic acids is 1. The highest BCUT2D eigenvalue weighted by Crippen LogP contribution is 2.35. The Morgan fingerprint density at radius 2 is 2.14 bits per heavy atom. The molecule has 5 nitrogen and oxygen atoms in total. The number of hydrogen-bond acceptors (Lipinski definition) is 4. The Labute approximate surface area is 132 Å². The third kappa shape index (κ3) is 3.32. The number of carbonyl (C=O) groups is 2. The van der Waals surface area contributed by atoms with Crippen LogP contribution in [-0.2, 0) is 4.79 Å². The first-order valence-electron chi connectivity index (χ1n) is 6.62. The van der Waals surface area contributed by atoms with Crippen LogP contribution in [0.2, 0.25) is 5.15 Å². The lowest BCUT2D eigenvalue weighted by molar-refractivity contribution is -0.141. The van der Waals surface area contributed by atoms with E-state index in [9.17, 15) is 14.7 Å². The van der Waals surface area contributed by atoms with E-state index in [4.69, 9.17) is 11.6 Å². The minimum atomic E-state index is -0.976. The van der Waals surface area contributed by atoms with Crippen molar-refractivity contribution in [1.29, 1.82) is 0 Å². The molecule has 0 bridgehead atoms. The minimum absolute atomic E-state index is 0.147. The van der Waals surface area contributed by atoms with Crippen molar-refractivity contribution in [3.63, 3.8) is 0 Å². The number of aromatic nitrogens is 1. The molecule has 0 aromatic carbocycles. The second-order valence-electron chi connectivity index (χ2n) is 5.35. The number of aliphatic carboxylic acids is 1. The first kappa shape index (κ1) is 16.1. The number of hydrogen-bond donors (Lipinski definition) is 1. The fourth-order valence-corrected chi connectivity index (χ4v) is 4.11. The van der Waals surface area contributed by atoms with Crippen molar-refractivity contribution in [2.75, 3.05) is 5.75 Å². The number of amides is 1. The number of nitrogens with zero attached hydrogens (tertiary/aromatic N) is 2. The summed E-state index contributed by atoms with van der Waals surface area (Å²) >= 11 is 7.40. The molecule has 2 atom stereocenters. The fraction of sp³-hybridized carbons (Fsp3) is 0.500. The zero-order valence-corrected chi connectivity index (χ0v) is 13.6. The van der Waals surface area contributed by atoms with Crippen molar-refractivity contribution >= 4 is 35.2 Å². The van der Waals surface area contributed by atoms with Gasteiger partial charge in [0.1, 0.15) is 11.2 Å².